The largest absolute Gasteiger partial charge is 0.479 e. The van der Waals surface area contributed by atoms with Crippen LogP contribution < -0.4 is 15.4 Å². The van der Waals surface area contributed by atoms with Crippen LogP contribution in [-0.4, -0.2) is 32.1 Å². The molecule has 7 nitrogen and oxygen atoms in total. The molecule has 4 aromatic rings. The van der Waals surface area contributed by atoms with Gasteiger partial charge in [0.25, 0.3) is 5.91 Å². The van der Waals surface area contributed by atoms with Crippen LogP contribution in [0.1, 0.15) is 32.3 Å². The minimum Gasteiger partial charge on any atom is -0.479 e. The van der Waals surface area contributed by atoms with Crippen molar-refractivity contribution in [3.8, 4) is 11.4 Å². The Morgan fingerprint density at radius 1 is 1.03 bits per heavy atom. The van der Waals surface area contributed by atoms with Crippen molar-refractivity contribution in [1.29, 1.82) is 0 Å². The van der Waals surface area contributed by atoms with Crippen molar-refractivity contribution in [2.24, 2.45) is 0 Å². The maximum atomic E-state index is 12.6. The lowest BCUT2D eigenvalue weighted by atomic mass is 10.1. The summed E-state index contributed by atoms with van der Waals surface area (Å²) in [7, 11) is 0. The van der Waals surface area contributed by atoms with Gasteiger partial charge in [-0.2, -0.15) is 4.80 Å². The van der Waals surface area contributed by atoms with E-state index in [2.05, 4.69) is 39.9 Å². The first-order chi connectivity index (χ1) is 17.7. The van der Waals surface area contributed by atoms with Gasteiger partial charge in [0.1, 0.15) is 16.8 Å². The Hall–Kier alpha value is -2.91. The minimum absolute atomic E-state index is 0.0546. The molecule has 0 aliphatic heterocycles. The van der Waals surface area contributed by atoms with Crippen LogP contribution in [0.5, 0.6) is 5.75 Å². The lowest BCUT2D eigenvalue weighted by Crippen LogP contribution is -2.42. The third kappa shape index (κ3) is 6.90. The molecule has 192 valence electrons. The van der Waals surface area contributed by atoms with E-state index in [4.69, 9.17) is 51.8 Å². The third-order valence-electron chi connectivity index (χ3n) is 5.51. The number of ether oxygens (including phenoxy) is 1. The summed E-state index contributed by atoms with van der Waals surface area (Å²) in [5.41, 5.74) is 3.85. The van der Waals surface area contributed by atoms with E-state index in [-0.39, 0.29) is 5.11 Å². The molecule has 4 rings (SSSR count). The van der Waals surface area contributed by atoms with Crippen molar-refractivity contribution in [2.75, 3.05) is 5.32 Å². The van der Waals surface area contributed by atoms with E-state index in [0.29, 0.717) is 37.5 Å². The molecule has 0 saturated carbocycles. The fraction of sp³-hybridized carbons (Fsp3) is 0.231. The number of nitrogens with zero attached hydrogens (tertiary/aromatic N) is 3. The van der Waals surface area contributed by atoms with Gasteiger partial charge in [-0.1, -0.05) is 60.3 Å². The van der Waals surface area contributed by atoms with Crippen LogP contribution in [0.25, 0.3) is 16.7 Å². The minimum atomic E-state index is -0.871. The second-order valence-corrected chi connectivity index (χ2v) is 10.0. The Kier molecular flexibility index (Phi) is 8.87. The number of nitrogens with one attached hydrogen (secondary N) is 2. The number of hydrogen-bond acceptors (Lipinski definition) is 5. The molecular weight excluding hydrogens is 553 g/mol. The fourth-order valence-electron chi connectivity index (χ4n) is 3.51. The summed E-state index contributed by atoms with van der Waals surface area (Å²) >= 11 is 23.8. The number of hydrogen-bond donors (Lipinski definition) is 2. The summed E-state index contributed by atoms with van der Waals surface area (Å²) in [5, 5.41) is 15.8. The van der Waals surface area contributed by atoms with Crippen LogP contribution in [0.2, 0.25) is 15.1 Å². The van der Waals surface area contributed by atoms with E-state index in [1.54, 1.807) is 36.0 Å². The normalized spacial score (nSPS) is 11.8. The van der Waals surface area contributed by atoms with Gasteiger partial charge in [0, 0.05) is 5.02 Å². The van der Waals surface area contributed by atoms with Gasteiger partial charge < -0.3 is 10.1 Å². The first-order valence-electron chi connectivity index (χ1n) is 11.6. The van der Waals surface area contributed by atoms with E-state index >= 15 is 0 Å². The molecule has 1 aromatic heterocycles. The van der Waals surface area contributed by atoms with Crippen molar-refractivity contribution in [3.63, 3.8) is 0 Å². The SMILES string of the molecule is CCCCc1ccc(-n2nc3cc(Cl)c(NC(=S)NC(=O)C(C)Oc4ccc(Cl)cc4Cl)cc3n2)cc1. The topological polar surface area (TPSA) is 81.1 Å². The Morgan fingerprint density at radius 2 is 1.73 bits per heavy atom. The van der Waals surface area contributed by atoms with Crippen LogP contribution in [0.4, 0.5) is 5.69 Å². The molecule has 1 atom stereocenters. The number of thiocarbonyl (C=S) groups is 1. The van der Waals surface area contributed by atoms with Crippen molar-refractivity contribution in [3.05, 3.63) is 75.2 Å². The summed E-state index contributed by atoms with van der Waals surface area (Å²) < 4.78 is 5.63. The second kappa shape index (κ2) is 12.1. The number of unbranched alkanes of at least 4 members (excludes halogenated alkanes) is 1. The number of benzene rings is 3. The molecule has 0 fully saturated rings. The average Bonchev–Trinajstić information content (AvgIpc) is 3.27. The highest BCUT2D eigenvalue weighted by Gasteiger charge is 2.18. The lowest BCUT2D eigenvalue weighted by Gasteiger charge is -2.17. The average molecular weight is 577 g/mol. The number of halogens is 3. The van der Waals surface area contributed by atoms with Crippen molar-refractivity contribution in [2.45, 2.75) is 39.2 Å². The first-order valence-corrected chi connectivity index (χ1v) is 13.2. The maximum Gasteiger partial charge on any atom is 0.266 e. The van der Waals surface area contributed by atoms with E-state index in [1.165, 1.54) is 11.6 Å². The zero-order chi connectivity index (χ0) is 26.5. The molecule has 0 radical (unpaired) electrons. The van der Waals surface area contributed by atoms with Crippen molar-refractivity contribution in [1.82, 2.24) is 20.3 Å². The van der Waals surface area contributed by atoms with Crippen LogP contribution in [-0.2, 0) is 11.2 Å². The number of rotatable bonds is 8. The Morgan fingerprint density at radius 3 is 2.41 bits per heavy atom. The first kappa shape index (κ1) is 27.1. The number of carbonyl (C=O) groups is 1. The van der Waals surface area contributed by atoms with Gasteiger partial charge >= 0.3 is 0 Å². The van der Waals surface area contributed by atoms with Gasteiger partial charge in [-0.05, 0) is 80.0 Å². The molecule has 0 aliphatic rings. The van der Waals surface area contributed by atoms with Crippen molar-refractivity contribution >= 4 is 74.8 Å². The van der Waals surface area contributed by atoms with E-state index in [0.717, 1.165) is 24.9 Å². The van der Waals surface area contributed by atoms with Crippen LogP contribution in [0.3, 0.4) is 0 Å². The summed E-state index contributed by atoms with van der Waals surface area (Å²) in [6.45, 7) is 3.76. The van der Waals surface area contributed by atoms with Gasteiger partial charge in [-0.3, -0.25) is 10.1 Å². The summed E-state index contributed by atoms with van der Waals surface area (Å²) in [6, 6.07) is 16.3. The summed E-state index contributed by atoms with van der Waals surface area (Å²) in [6.07, 6.45) is 2.49. The van der Waals surface area contributed by atoms with E-state index in [1.807, 2.05) is 12.1 Å². The number of aryl methyl sites for hydroxylation is 1. The van der Waals surface area contributed by atoms with Gasteiger partial charge in [0.05, 0.1) is 21.4 Å². The lowest BCUT2D eigenvalue weighted by molar-refractivity contribution is -0.125. The quantitative estimate of drug-likeness (QED) is 0.220. The number of anilines is 1. The monoisotopic (exact) mass is 575 g/mol. The fourth-order valence-corrected chi connectivity index (χ4v) is 4.38. The zero-order valence-electron chi connectivity index (χ0n) is 20.1. The molecule has 0 saturated heterocycles. The molecule has 3 aromatic carbocycles. The van der Waals surface area contributed by atoms with Crippen LogP contribution in [0.15, 0.2) is 54.6 Å². The number of amides is 1. The summed E-state index contributed by atoms with van der Waals surface area (Å²) in [4.78, 5) is 14.1. The molecule has 2 N–H and O–H groups in total. The Labute approximate surface area is 235 Å². The number of fused-ring (bicyclic) bond motifs is 1. The van der Waals surface area contributed by atoms with E-state index < -0.39 is 12.0 Å². The molecule has 1 amide bonds. The molecule has 0 bridgehead atoms. The predicted molar refractivity (Wildman–Crippen MR) is 153 cm³/mol. The van der Waals surface area contributed by atoms with Gasteiger partial charge in [0.2, 0.25) is 0 Å². The highest BCUT2D eigenvalue weighted by atomic mass is 35.5. The second-order valence-electron chi connectivity index (χ2n) is 8.36. The van der Waals surface area contributed by atoms with Crippen LogP contribution >= 0.6 is 47.0 Å². The predicted octanol–water partition coefficient (Wildman–Crippen LogP) is 7.00. The van der Waals surface area contributed by atoms with Gasteiger partial charge in [0.15, 0.2) is 11.2 Å². The smallest absolute Gasteiger partial charge is 0.266 e. The molecule has 11 heteroatoms. The van der Waals surface area contributed by atoms with Gasteiger partial charge in [-0.25, -0.2) is 0 Å². The molecule has 0 spiro atoms. The number of aromatic nitrogens is 3. The molecular formula is C26H24Cl3N5O2S. The Balaban J connectivity index is 1.41. The molecule has 1 unspecified atom stereocenters. The highest BCUT2D eigenvalue weighted by molar-refractivity contribution is 7.80. The molecule has 1 heterocycles. The Bertz CT molecular complexity index is 1440. The molecule has 37 heavy (non-hydrogen) atoms. The van der Waals surface area contributed by atoms with Gasteiger partial charge in [-0.15, -0.1) is 10.2 Å². The van der Waals surface area contributed by atoms with Crippen LogP contribution in [0, 0.1) is 0 Å². The summed E-state index contributed by atoms with van der Waals surface area (Å²) in [5.74, 6) is -0.131. The standard InChI is InChI=1S/C26H24Cl3N5O2S/c1-3-4-5-16-6-9-18(10-7-16)34-32-22-13-19(28)21(14-23(22)33-34)30-26(37)31-25(35)15(2)36-24-11-8-17(27)12-20(24)29/h6-15H,3-5H2,1-2H3,(H2,30,31,35,37). The highest BCUT2D eigenvalue weighted by Crippen LogP contribution is 2.29. The van der Waals surface area contributed by atoms with E-state index in [9.17, 15) is 4.79 Å². The zero-order valence-corrected chi connectivity index (χ0v) is 23.2. The number of carbonyl (C=O) groups excluding carboxylic acids is 1. The molecule has 0 aliphatic carbocycles. The maximum absolute atomic E-state index is 12.6. The third-order valence-corrected chi connectivity index (χ3v) is 6.55. The van der Waals surface area contributed by atoms with Crippen molar-refractivity contribution < 1.29 is 9.53 Å².